The summed E-state index contributed by atoms with van der Waals surface area (Å²) in [6.45, 7) is 3.19. The number of hydrogen-bond donors (Lipinski definition) is 2. The molecule has 0 rings (SSSR count). The van der Waals surface area contributed by atoms with Crippen LogP contribution in [0.5, 0.6) is 0 Å². The van der Waals surface area contributed by atoms with Crippen molar-refractivity contribution in [3.05, 3.63) is 14.4 Å². The predicted molar refractivity (Wildman–Crippen MR) is 24.6 cm³/mol. The molecule has 0 atom stereocenters. The first-order valence-electron chi connectivity index (χ1n) is 1.42. The average molecular weight is 156 g/mol. The Morgan fingerprint density at radius 1 is 1.43 bits per heavy atom. The van der Waals surface area contributed by atoms with E-state index in [2.05, 4.69) is 6.92 Å². The summed E-state index contributed by atoms with van der Waals surface area (Å²) in [5, 5.41) is 15.7. The first-order valence-corrected chi connectivity index (χ1v) is 1.42. The largest absolute Gasteiger partial charge is 2.00 e. The van der Waals surface area contributed by atoms with Gasteiger partial charge in [-0.05, 0) is 0 Å². The Hall–Kier alpha value is 0.543. The fraction of sp³-hybridized carbons (Fsp3) is 0.500. The smallest absolute Gasteiger partial charge is 0.371 e. The summed E-state index contributed by atoms with van der Waals surface area (Å²) in [6.07, 6.45) is -1.06. The molecule has 0 saturated heterocycles. The molecular formula is C4H10O2Zn. The van der Waals surface area contributed by atoms with Gasteiger partial charge in [-0.1, -0.05) is 0 Å². The van der Waals surface area contributed by atoms with Crippen LogP contribution in [0.15, 0.2) is 0 Å². The minimum atomic E-state index is -1.23. The summed E-state index contributed by atoms with van der Waals surface area (Å²) in [4.78, 5) is 0. The summed E-state index contributed by atoms with van der Waals surface area (Å²) in [5.41, 5.74) is 0. The minimum Gasteiger partial charge on any atom is -0.371 e. The SMILES string of the molecule is [CH2-]CC(O)O.[CH3-].[Zn+2]. The molecule has 0 aliphatic rings. The van der Waals surface area contributed by atoms with E-state index in [1.165, 1.54) is 0 Å². The van der Waals surface area contributed by atoms with Gasteiger partial charge >= 0.3 is 19.5 Å². The zero-order chi connectivity index (χ0) is 4.28. The Kier molecular flexibility index (Phi) is 21.8. The van der Waals surface area contributed by atoms with E-state index >= 15 is 0 Å². The summed E-state index contributed by atoms with van der Waals surface area (Å²) in [6, 6.07) is 0. The number of hydrogen-bond acceptors (Lipinski definition) is 2. The van der Waals surface area contributed by atoms with Gasteiger partial charge in [0, 0.05) is 0 Å². The molecule has 0 spiro atoms. The Bertz CT molecular complexity index is 23.7. The zero-order valence-electron chi connectivity index (χ0n) is 4.59. The molecule has 0 unspecified atom stereocenters. The summed E-state index contributed by atoms with van der Waals surface area (Å²) in [5.74, 6) is 0. The van der Waals surface area contributed by atoms with Crippen LogP contribution in [0.4, 0.5) is 0 Å². The van der Waals surface area contributed by atoms with Gasteiger partial charge in [0.25, 0.3) is 0 Å². The van der Waals surface area contributed by atoms with Crippen LogP contribution in [0, 0.1) is 14.4 Å². The predicted octanol–water partition coefficient (Wildman–Crippen LogP) is -0.0309. The van der Waals surface area contributed by atoms with Crippen LogP contribution in [0.25, 0.3) is 0 Å². The Morgan fingerprint density at radius 2 is 1.57 bits per heavy atom. The van der Waals surface area contributed by atoms with Crippen LogP contribution in [-0.2, 0) is 19.5 Å². The molecule has 2 N–H and O–H groups in total. The Balaban J connectivity index is -0.0000000800. The number of aliphatic hydroxyl groups excluding tert-OH is 1. The second-order valence-corrected chi connectivity index (χ2v) is 0.769. The molecule has 0 fully saturated rings. The van der Waals surface area contributed by atoms with Gasteiger partial charge in [0.15, 0.2) is 0 Å². The van der Waals surface area contributed by atoms with Gasteiger partial charge in [0.1, 0.15) is 6.29 Å². The maximum atomic E-state index is 7.85. The van der Waals surface area contributed by atoms with Gasteiger partial charge in [-0.25, -0.2) is 0 Å². The van der Waals surface area contributed by atoms with Crippen molar-refractivity contribution in [2.75, 3.05) is 0 Å². The maximum Gasteiger partial charge on any atom is 2.00 e. The van der Waals surface area contributed by atoms with E-state index in [1.807, 2.05) is 0 Å². The normalized spacial score (nSPS) is 6.86. The molecule has 0 aromatic heterocycles. The third-order valence-electron chi connectivity index (χ3n) is 0.258. The fourth-order valence-corrected chi connectivity index (χ4v) is 0. The van der Waals surface area contributed by atoms with Crippen LogP contribution in [0.1, 0.15) is 6.42 Å². The molecule has 40 valence electrons. The average Bonchev–Trinajstić information content (AvgIpc) is 1.38. The van der Waals surface area contributed by atoms with E-state index in [1.54, 1.807) is 0 Å². The Morgan fingerprint density at radius 3 is 1.57 bits per heavy atom. The van der Waals surface area contributed by atoms with Gasteiger partial charge in [-0.2, -0.15) is 0 Å². The molecule has 0 saturated carbocycles. The van der Waals surface area contributed by atoms with Crippen molar-refractivity contribution in [2.24, 2.45) is 0 Å². The quantitative estimate of drug-likeness (QED) is 0.317. The van der Waals surface area contributed by atoms with Crippen molar-refractivity contribution in [1.29, 1.82) is 0 Å². The molecular weight excluding hydrogens is 145 g/mol. The van der Waals surface area contributed by atoms with Gasteiger partial charge in [0.2, 0.25) is 0 Å². The van der Waals surface area contributed by atoms with Crippen molar-refractivity contribution >= 4 is 0 Å². The number of rotatable bonds is 1. The molecule has 0 aliphatic carbocycles. The van der Waals surface area contributed by atoms with Crippen LogP contribution in [-0.4, -0.2) is 16.5 Å². The molecule has 0 aromatic carbocycles. The van der Waals surface area contributed by atoms with E-state index in [-0.39, 0.29) is 33.3 Å². The molecule has 7 heavy (non-hydrogen) atoms. The first kappa shape index (κ1) is 15.6. The Labute approximate surface area is 57.3 Å². The standard InChI is InChI=1S/C3H7O2.CH3.Zn/c1-2-3(4)5;;/h3-5H,1-2H2;1H3;/q2*-1;+2. The third kappa shape index (κ3) is 20.9. The van der Waals surface area contributed by atoms with Gasteiger partial charge in [-0.3, -0.25) is 0 Å². The topological polar surface area (TPSA) is 40.5 Å². The van der Waals surface area contributed by atoms with Crippen molar-refractivity contribution in [2.45, 2.75) is 12.7 Å². The van der Waals surface area contributed by atoms with Gasteiger partial charge in [0.05, 0.1) is 0 Å². The van der Waals surface area contributed by atoms with E-state index in [0.29, 0.717) is 0 Å². The summed E-state index contributed by atoms with van der Waals surface area (Å²) >= 11 is 0. The maximum absolute atomic E-state index is 7.85. The number of aliphatic hydroxyl groups is 2. The second kappa shape index (κ2) is 9.74. The van der Waals surface area contributed by atoms with E-state index < -0.39 is 6.29 Å². The van der Waals surface area contributed by atoms with Gasteiger partial charge in [-0.15, -0.1) is 6.42 Å². The summed E-state index contributed by atoms with van der Waals surface area (Å²) < 4.78 is 0. The van der Waals surface area contributed by atoms with Crippen LogP contribution in [0.2, 0.25) is 0 Å². The third-order valence-corrected chi connectivity index (χ3v) is 0.258. The van der Waals surface area contributed by atoms with E-state index in [0.717, 1.165) is 0 Å². The van der Waals surface area contributed by atoms with Crippen LogP contribution >= 0.6 is 0 Å². The van der Waals surface area contributed by atoms with Crippen LogP contribution in [0.3, 0.4) is 0 Å². The van der Waals surface area contributed by atoms with Gasteiger partial charge < -0.3 is 24.6 Å². The van der Waals surface area contributed by atoms with Crippen LogP contribution < -0.4 is 0 Å². The molecule has 0 amide bonds. The monoisotopic (exact) mass is 154 g/mol. The molecule has 0 bridgehead atoms. The van der Waals surface area contributed by atoms with Crippen molar-refractivity contribution in [1.82, 2.24) is 0 Å². The molecule has 0 aliphatic heterocycles. The van der Waals surface area contributed by atoms with E-state index in [4.69, 9.17) is 10.2 Å². The van der Waals surface area contributed by atoms with Crippen molar-refractivity contribution in [3.8, 4) is 0 Å². The molecule has 2 nitrogen and oxygen atoms in total. The second-order valence-electron chi connectivity index (χ2n) is 0.769. The van der Waals surface area contributed by atoms with Crippen molar-refractivity contribution in [3.63, 3.8) is 0 Å². The summed E-state index contributed by atoms with van der Waals surface area (Å²) in [7, 11) is 0. The molecule has 0 heterocycles. The first-order chi connectivity index (χ1) is 2.27. The molecule has 0 radical (unpaired) electrons. The van der Waals surface area contributed by atoms with Crippen molar-refractivity contribution < 1.29 is 29.7 Å². The minimum absolute atomic E-state index is 0. The fourth-order valence-electron chi connectivity index (χ4n) is 0. The molecule has 3 heteroatoms. The van der Waals surface area contributed by atoms with E-state index in [9.17, 15) is 0 Å². The molecule has 0 aromatic rings. The zero-order valence-corrected chi connectivity index (χ0v) is 7.56.